The van der Waals surface area contributed by atoms with Crippen molar-refractivity contribution in [3.05, 3.63) is 0 Å². The van der Waals surface area contributed by atoms with Gasteiger partial charge in [-0.05, 0) is 24.7 Å². The lowest BCUT2D eigenvalue weighted by molar-refractivity contribution is -0.150. The van der Waals surface area contributed by atoms with Crippen molar-refractivity contribution in [2.24, 2.45) is 17.6 Å². The zero-order valence-corrected chi connectivity index (χ0v) is 12.4. The lowest BCUT2D eigenvalue weighted by Crippen LogP contribution is -2.60. The van der Waals surface area contributed by atoms with Crippen molar-refractivity contribution in [3.8, 4) is 0 Å². The molecule has 0 bridgehead atoms. The Bertz CT molecular complexity index is 301. The van der Waals surface area contributed by atoms with Gasteiger partial charge in [-0.25, -0.2) is 0 Å². The van der Waals surface area contributed by atoms with Gasteiger partial charge in [-0.2, -0.15) is 13.2 Å². The fourth-order valence-electron chi connectivity index (χ4n) is 4.00. The number of nitrogens with two attached hydrogens (primary N) is 1. The molecule has 1 saturated carbocycles. The number of alkyl halides is 3. The van der Waals surface area contributed by atoms with Crippen molar-refractivity contribution in [3.63, 3.8) is 0 Å². The molecule has 6 heteroatoms. The fourth-order valence-corrected chi connectivity index (χ4v) is 4.00. The van der Waals surface area contributed by atoms with Gasteiger partial charge in [0.25, 0.3) is 0 Å². The summed E-state index contributed by atoms with van der Waals surface area (Å²) in [5.74, 6) is 1.19. The number of piperazine rings is 1. The van der Waals surface area contributed by atoms with Crippen LogP contribution >= 0.6 is 0 Å². The minimum absolute atomic E-state index is 0.155. The maximum atomic E-state index is 12.4. The van der Waals surface area contributed by atoms with E-state index in [0.717, 1.165) is 6.42 Å². The molecule has 118 valence electrons. The van der Waals surface area contributed by atoms with Crippen LogP contribution in [0.25, 0.3) is 0 Å². The Morgan fingerprint density at radius 3 is 2.15 bits per heavy atom. The van der Waals surface area contributed by atoms with Crippen molar-refractivity contribution < 1.29 is 13.2 Å². The van der Waals surface area contributed by atoms with Gasteiger partial charge >= 0.3 is 6.18 Å². The second-order valence-corrected chi connectivity index (χ2v) is 6.64. The first-order valence-electron chi connectivity index (χ1n) is 7.55. The van der Waals surface area contributed by atoms with E-state index < -0.39 is 12.7 Å². The lowest BCUT2D eigenvalue weighted by atomic mass is 9.76. The third-order valence-electron chi connectivity index (χ3n) is 4.70. The van der Waals surface area contributed by atoms with Crippen molar-refractivity contribution in [2.75, 3.05) is 32.7 Å². The van der Waals surface area contributed by atoms with Crippen molar-refractivity contribution in [2.45, 2.75) is 44.9 Å². The van der Waals surface area contributed by atoms with Crippen molar-refractivity contribution in [1.82, 2.24) is 9.80 Å². The van der Waals surface area contributed by atoms with Crippen LogP contribution in [-0.2, 0) is 0 Å². The first-order chi connectivity index (χ1) is 9.26. The Labute approximate surface area is 119 Å². The molecule has 0 spiro atoms. The second kappa shape index (κ2) is 6.20. The lowest BCUT2D eigenvalue weighted by Gasteiger charge is -2.47. The van der Waals surface area contributed by atoms with E-state index >= 15 is 0 Å². The zero-order chi connectivity index (χ0) is 14.9. The van der Waals surface area contributed by atoms with Gasteiger partial charge in [0, 0.05) is 38.3 Å². The van der Waals surface area contributed by atoms with Crippen LogP contribution in [0.15, 0.2) is 0 Å². The van der Waals surface area contributed by atoms with E-state index in [2.05, 4.69) is 18.7 Å². The van der Waals surface area contributed by atoms with E-state index in [0.29, 0.717) is 44.1 Å². The van der Waals surface area contributed by atoms with Gasteiger partial charge in [-0.3, -0.25) is 9.80 Å². The van der Waals surface area contributed by atoms with Crippen LogP contribution in [0.4, 0.5) is 13.2 Å². The topological polar surface area (TPSA) is 32.5 Å². The van der Waals surface area contributed by atoms with Gasteiger partial charge in [-0.1, -0.05) is 13.8 Å². The molecule has 2 aliphatic rings. The Kier molecular flexibility index (Phi) is 4.97. The summed E-state index contributed by atoms with van der Waals surface area (Å²) in [5.41, 5.74) is 6.29. The molecule has 2 rings (SSSR count). The smallest absolute Gasteiger partial charge is 0.326 e. The van der Waals surface area contributed by atoms with Crippen LogP contribution in [0.1, 0.15) is 26.7 Å². The molecule has 3 nitrogen and oxygen atoms in total. The van der Waals surface area contributed by atoms with Gasteiger partial charge < -0.3 is 5.73 Å². The van der Waals surface area contributed by atoms with Gasteiger partial charge in [0.15, 0.2) is 0 Å². The number of hydrogen-bond donors (Lipinski definition) is 1. The molecule has 1 aliphatic heterocycles. The highest BCUT2D eigenvalue weighted by molar-refractivity contribution is 4.93. The monoisotopic (exact) mass is 293 g/mol. The molecule has 0 aromatic rings. The average Bonchev–Trinajstić information content (AvgIpc) is 2.28. The predicted molar refractivity (Wildman–Crippen MR) is 73.4 cm³/mol. The molecule has 4 unspecified atom stereocenters. The summed E-state index contributed by atoms with van der Waals surface area (Å²) in [6.07, 6.45) is -1.90. The second-order valence-electron chi connectivity index (χ2n) is 6.64. The maximum Gasteiger partial charge on any atom is 0.401 e. The molecule has 0 aromatic heterocycles. The summed E-state index contributed by atoms with van der Waals surface area (Å²) in [6.45, 7) is 6.05. The van der Waals surface area contributed by atoms with E-state index in [1.54, 1.807) is 0 Å². The number of rotatable bonds is 2. The third kappa shape index (κ3) is 4.09. The Morgan fingerprint density at radius 2 is 1.65 bits per heavy atom. The normalized spacial score (nSPS) is 38.1. The molecule has 0 radical (unpaired) electrons. The van der Waals surface area contributed by atoms with Gasteiger partial charge in [-0.15, -0.1) is 0 Å². The van der Waals surface area contributed by atoms with Gasteiger partial charge in [0.1, 0.15) is 0 Å². The minimum Gasteiger partial charge on any atom is -0.326 e. The van der Waals surface area contributed by atoms with Gasteiger partial charge in [0.05, 0.1) is 6.54 Å². The van der Waals surface area contributed by atoms with Crippen LogP contribution < -0.4 is 5.73 Å². The van der Waals surface area contributed by atoms with Crippen molar-refractivity contribution in [1.29, 1.82) is 0 Å². The highest BCUT2D eigenvalue weighted by atomic mass is 19.4. The molecule has 4 atom stereocenters. The molecule has 1 heterocycles. The highest BCUT2D eigenvalue weighted by Gasteiger charge is 2.38. The molecule has 2 N–H and O–H groups in total. The first kappa shape index (κ1) is 16.0. The average molecular weight is 293 g/mol. The number of halogens is 3. The van der Waals surface area contributed by atoms with Crippen molar-refractivity contribution >= 4 is 0 Å². The molecular formula is C14H26F3N3. The predicted octanol–water partition coefficient (Wildman–Crippen LogP) is 1.93. The van der Waals surface area contributed by atoms with E-state index in [9.17, 15) is 13.2 Å². The largest absolute Gasteiger partial charge is 0.401 e. The van der Waals surface area contributed by atoms with E-state index in [1.165, 1.54) is 11.3 Å². The first-order valence-corrected chi connectivity index (χ1v) is 7.55. The summed E-state index contributed by atoms with van der Waals surface area (Å²) >= 11 is 0. The Morgan fingerprint density at radius 1 is 1.05 bits per heavy atom. The highest BCUT2D eigenvalue weighted by Crippen LogP contribution is 2.32. The van der Waals surface area contributed by atoms with Gasteiger partial charge in [0.2, 0.25) is 0 Å². The molecule has 0 aromatic carbocycles. The minimum atomic E-state index is -4.09. The summed E-state index contributed by atoms with van der Waals surface area (Å²) < 4.78 is 37.2. The summed E-state index contributed by atoms with van der Waals surface area (Å²) in [6, 6.07) is 0.488. The quantitative estimate of drug-likeness (QED) is 0.844. The van der Waals surface area contributed by atoms with Crippen LogP contribution in [0.3, 0.4) is 0 Å². The SMILES string of the molecule is CC1CC(C)C(N2CCN(CC(F)(F)F)CC2)C(N)C1. The number of nitrogens with zero attached hydrogens (tertiary/aromatic N) is 2. The summed E-state index contributed by atoms with van der Waals surface area (Å²) in [7, 11) is 0. The zero-order valence-electron chi connectivity index (χ0n) is 12.4. The maximum absolute atomic E-state index is 12.4. The van der Waals surface area contributed by atoms with Crippen LogP contribution in [-0.4, -0.2) is 60.8 Å². The summed E-state index contributed by atoms with van der Waals surface area (Å²) in [5, 5.41) is 0. The molecule has 2 fully saturated rings. The van der Waals surface area contributed by atoms with Crippen LogP contribution in [0.2, 0.25) is 0 Å². The van der Waals surface area contributed by atoms with E-state index in [1.807, 2.05) is 0 Å². The Hall–Kier alpha value is -0.330. The third-order valence-corrected chi connectivity index (χ3v) is 4.70. The fraction of sp³-hybridized carbons (Fsp3) is 1.00. The molecule has 1 aliphatic carbocycles. The molecule has 1 saturated heterocycles. The molecule has 20 heavy (non-hydrogen) atoms. The Balaban J connectivity index is 1.87. The molecular weight excluding hydrogens is 267 g/mol. The standard InChI is InChI=1S/C14H26F3N3/c1-10-7-11(2)13(12(18)8-10)20-5-3-19(4-6-20)9-14(15,16)17/h10-13H,3-9,18H2,1-2H3. The number of hydrogen-bond acceptors (Lipinski definition) is 3. The molecule has 0 amide bonds. The summed E-state index contributed by atoms with van der Waals surface area (Å²) in [4.78, 5) is 3.81. The van der Waals surface area contributed by atoms with E-state index in [-0.39, 0.29) is 6.04 Å². The van der Waals surface area contributed by atoms with Crippen LogP contribution in [0.5, 0.6) is 0 Å². The van der Waals surface area contributed by atoms with E-state index in [4.69, 9.17) is 5.73 Å². The van der Waals surface area contributed by atoms with Crippen LogP contribution in [0, 0.1) is 11.8 Å².